The predicted octanol–water partition coefficient (Wildman–Crippen LogP) is 2.99. The highest BCUT2D eigenvalue weighted by Crippen LogP contribution is 2.18. The third-order valence-corrected chi connectivity index (χ3v) is 4.73. The van der Waals surface area contributed by atoms with Gasteiger partial charge in [-0.15, -0.1) is 13.2 Å². The molecule has 0 heterocycles. The minimum absolute atomic E-state index is 0.0974. The van der Waals surface area contributed by atoms with E-state index in [0.717, 1.165) is 5.56 Å². The first-order valence-corrected chi connectivity index (χ1v) is 7.66. The molecule has 0 saturated carbocycles. The van der Waals surface area contributed by atoms with E-state index in [1.54, 1.807) is 36.4 Å². The van der Waals surface area contributed by atoms with E-state index in [4.69, 9.17) is 0 Å². The summed E-state index contributed by atoms with van der Waals surface area (Å²) in [5, 5.41) is 0. The first kappa shape index (κ1) is 15.7. The molecule has 0 aliphatic carbocycles. The Labute approximate surface area is 116 Å². The Balaban J connectivity index is 3.08. The molecule has 0 radical (unpaired) electrons. The van der Waals surface area contributed by atoms with Crippen LogP contribution in [0.5, 0.6) is 0 Å². The van der Waals surface area contributed by atoms with E-state index in [0.29, 0.717) is 18.0 Å². The normalized spacial score (nSPS) is 13.2. The third kappa shape index (κ3) is 4.04. The van der Waals surface area contributed by atoms with Gasteiger partial charge in [-0.3, -0.25) is 0 Å². The summed E-state index contributed by atoms with van der Waals surface area (Å²) < 4.78 is 26.5. The highest BCUT2D eigenvalue weighted by Gasteiger charge is 2.24. The van der Waals surface area contributed by atoms with Gasteiger partial charge in [0.15, 0.2) is 0 Å². The van der Waals surface area contributed by atoms with Crippen LogP contribution in [0.2, 0.25) is 0 Å². The van der Waals surface area contributed by atoms with Crippen molar-refractivity contribution in [3.05, 3.63) is 55.1 Å². The maximum Gasteiger partial charge on any atom is 0.243 e. The first-order valence-electron chi connectivity index (χ1n) is 6.22. The van der Waals surface area contributed by atoms with Gasteiger partial charge < -0.3 is 0 Å². The average molecular weight is 279 g/mol. The predicted molar refractivity (Wildman–Crippen MR) is 79.5 cm³/mol. The Bertz CT molecular complexity index is 532. The molecule has 0 aliphatic rings. The van der Waals surface area contributed by atoms with Crippen LogP contribution in [0.25, 0.3) is 0 Å². The van der Waals surface area contributed by atoms with Gasteiger partial charge in [0.2, 0.25) is 10.0 Å². The molecular formula is C15H21NO2S. The molecule has 0 N–H and O–H groups in total. The average Bonchev–Trinajstić information content (AvgIpc) is 2.38. The van der Waals surface area contributed by atoms with Crippen LogP contribution in [0.1, 0.15) is 12.5 Å². The first-order chi connectivity index (χ1) is 8.91. The van der Waals surface area contributed by atoms with Crippen LogP contribution in [0.4, 0.5) is 0 Å². The fourth-order valence-corrected chi connectivity index (χ4v) is 3.18. The number of hydrogen-bond donors (Lipinski definition) is 0. The standard InChI is InChI=1S/C15H21NO2S/c1-5-11-16(12-13(3)6-2)19(17,18)15-9-7-14(4)8-10-15/h5-10,13H,1-2,11-12H2,3-4H3/t13-/m0/s1. The Kier molecular flexibility index (Phi) is 5.51. The Morgan fingerprint density at radius 3 is 2.32 bits per heavy atom. The van der Waals surface area contributed by atoms with E-state index in [1.165, 1.54) is 4.31 Å². The number of aryl methyl sites for hydroxylation is 1. The highest BCUT2D eigenvalue weighted by atomic mass is 32.2. The summed E-state index contributed by atoms with van der Waals surface area (Å²) >= 11 is 0. The molecule has 0 aliphatic heterocycles. The lowest BCUT2D eigenvalue weighted by molar-refractivity contribution is 0.410. The second-order valence-electron chi connectivity index (χ2n) is 4.64. The summed E-state index contributed by atoms with van der Waals surface area (Å²) in [5.41, 5.74) is 1.04. The lowest BCUT2D eigenvalue weighted by atomic mass is 10.2. The van der Waals surface area contributed by atoms with Gasteiger partial charge in [-0.2, -0.15) is 4.31 Å². The summed E-state index contributed by atoms with van der Waals surface area (Å²) in [7, 11) is -3.47. The molecule has 0 amide bonds. The second-order valence-corrected chi connectivity index (χ2v) is 6.57. The van der Waals surface area contributed by atoms with Crippen molar-refractivity contribution in [2.24, 2.45) is 5.92 Å². The van der Waals surface area contributed by atoms with Crippen LogP contribution in [-0.4, -0.2) is 25.8 Å². The van der Waals surface area contributed by atoms with Crippen molar-refractivity contribution in [1.29, 1.82) is 0 Å². The molecule has 19 heavy (non-hydrogen) atoms. The zero-order chi connectivity index (χ0) is 14.5. The summed E-state index contributed by atoms with van der Waals surface area (Å²) in [6.07, 6.45) is 3.35. The molecule has 104 valence electrons. The van der Waals surface area contributed by atoms with Crippen LogP contribution in [0.15, 0.2) is 54.5 Å². The minimum atomic E-state index is -3.47. The zero-order valence-corrected chi connectivity index (χ0v) is 12.4. The van der Waals surface area contributed by atoms with Crippen molar-refractivity contribution in [3.8, 4) is 0 Å². The van der Waals surface area contributed by atoms with E-state index in [9.17, 15) is 8.42 Å². The van der Waals surface area contributed by atoms with Gasteiger partial charge in [0.1, 0.15) is 0 Å². The third-order valence-electron chi connectivity index (χ3n) is 2.89. The molecule has 1 rings (SSSR count). The summed E-state index contributed by atoms with van der Waals surface area (Å²) in [4.78, 5) is 0.316. The Morgan fingerprint density at radius 2 is 1.84 bits per heavy atom. The van der Waals surface area contributed by atoms with E-state index in [2.05, 4.69) is 13.2 Å². The number of sulfonamides is 1. The van der Waals surface area contributed by atoms with Crippen LogP contribution < -0.4 is 0 Å². The largest absolute Gasteiger partial charge is 0.243 e. The molecule has 0 fully saturated rings. The van der Waals surface area contributed by atoms with Gasteiger partial charge in [-0.25, -0.2) is 8.42 Å². The van der Waals surface area contributed by atoms with Crippen molar-refractivity contribution in [2.45, 2.75) is 18.7 Å². The summed E-state index contributed by atoms with van der Waals surface area (Å²) in [6, 6.07) is 6.88. The fourth-order valence-electron chi connectivity index (χ4n) is 1.67. The number of benzene rings is 1. The van der Waals surface area contributed by atoms with Crippen LogP contribution in [0, 0.1) is 12.8 Å². The molecule has 1 atom stereocenters. The van der Waals surface area contributed by atoms with Gasteiger partial charge in [-0.05, 0) is 25.0 Å². The molecule has 1 aromatic rings. The maximum atomic E-state index is 12.5. The fraction of sp³-hybridized carbons (Fsp3) is 0.333. The van der Waals surface area contributed by atoms with Gasteiger partial charge in [0.05, 0.1) is 4.90 Å². The van der Waals surface area contributed by atoms with Gasteiger partial charge in [-0.1, -0.05) is 36.8 Å². The molecule has 0 aromatic heterocycles. The second kappa shape index (κ2) is 6.68. The van der Waals surface area contributed by atoms with Crippen molar-refractivity contribution < 1.29 is 8.42 Å². The molecule has 3 nitrogen and oxygen atoms in total. The van der Waals surface area contributed by atoms with E-state index < -0.39 is 10.0 Å². The topological polar surface area (TPSA) is 37.4 Å². The Hall–Kier alpha value is -1.39. The van der Waals surface area contributed by atoms with Gasteiger partial charge >= 0.3 is 0 Å². The molecule has 4 heteroatoms. The Morgan fingerprint density at radius 1 is 1.26 bits per heavy atom. The maximum absolute atomic E-state index is 12.5. The van der Waals surface area contributed by atoms with Crippen molar-refractivity contribution in [3.63, 3.8) is 0 Å². The van der Waals surface area contributed by atoms with Crippen molar-refractivity contribution >= 4 is 10.0 Å². The SMILES string of the molecule is C=CCN(C[C@@H](C)C=C)S(=O)(=O)c1ccc(C)cc1. The molecule has 0 saturated heterocycles. The molecule has 0 spiro atoms. The van der Waals surface area contributed by atoms with E-state index in [1.807, 2.05) is 13.8 Å². The lowest BCUT2D eigenvalue weighted by Crippen LogP contribution is -2.34. The summed E-state index contributed by atoms with van der Waals surface area (Å²) in [6.45, 7) is 11.9. The zero-order valence-electron chi connectivity index (χ0n) is 11.5. The van der Waals surface area contributed by atoms with Gasteiger partial charge in [0.25, 0.3) is 0 Å². The lowest BCUT2D eigenvalue weighted by Gasteiger charge is -2.22. The quantitative estimate of drug-likeness (QED) is 0.720. The van der Waals surface area contributed by atoms with E-state index >= 15 is 0 Å². The highest BCUT2D eigenvalue weighted by molar-refractivity contribution is 7.89. The monoisotopic (exact) mass is 279 g/mol. The van der Waals surface area contributed by atoms with Gasteiger partial charge in [0, 0.05) is 13.1 Å². The summed E-state index contributed by atoms with van der Waals surface area (Å²) in [5.74, 6) is 0.0974. The van der Waals surface area contributed by atoms with Crippen LogP contribution >= 0.6 is 0 Å². The molecule has 0 bridgehead atoms. The molecule has 1 aromatic carbocycles. The number of hydrogen-bond acceptors (Lipinski definition) is 2. The number of rotatable bonds is 7. The van der Waals surface area contributed by atoms with E-state index in [-0.39, 0.29) is 5.92 Å². The molecule has 0 unspecified atom stereocenters. The smallest absolute Gasteiger partial charge is 0.207 e. The van der Waals surface area contributed by atoms with Crippen molar-refractivity contribution in [2.75, 3.05) is 13.1 Å². The molecular weight excluding hydrogens is 258 g/mol. The minimum Gasteiger partial charge on any atom is -0.207 e. The van der Waals surface area contributed by atoms with Crippen molar-refractivity contribution in [1.82, 2.24) is 4.31 Å². The number of nitrogens with zero attached hydrogens (tertiary/aromatic N) is 1. The van der Waals surface area contributed by atoms with Crippen LogP contribution in [-0.2, 0) is 10.0 Å². The van der Waals surface area contributed by atoms with Crippen LogP contribution in [0.3, 0.4) is 0 Å².